The Morgan fingerprint density at radius 1 is 0.967 bits per heavy atom. The van der Waals surface area contributed by atoms with Gasteiger partial charge in [-0.1, -0.05) is 34.8 Å². The number of carbonyl (C=O) groups excluding carboxylic acids is 1. The molecule has 0 saturated heterocycles. The molecule has 1 atom stereocenters. The lowest BCUT2D eigenvalue weighted by Crippen LogP contribution is -2.08. The summed E-state index contributed by atoms with van der Waals surface area (Å²) in [6.07, 6.45) is 1.18. The Balaban J connectivity index is 1.84. The minimum absolute atomic E-state index is 0.0663. The Hall–Kier alpha value is -1.62. The first-order chi connectivity index (χ1) is 14.0. The third kappa shape index (κ3) is 5.35. The number of nitrogens with zero attached hydrogens (tertiary/aromatic N) is 1. The van der Waals surface area contributed by atoms with Crippen LogP contribution in [0.15, 0.2) is 68.2 Å². The predicted octanol–water partition coefficient (Wildman–Crippen LogP) is 5.77. The van der Waals surface area contributed by atoms with Gasteiger partial charge < -0.3 is 4.74 Å². The molecule has 3 rings (SSSR count). The molecule has 0 saturated carbocycles. The van der Waals surface area contributed by atoms with Gasteiger partial charge in [-0.25, -0.2) is 9.00 Å². The van der Waals surface area contributed by atoms with Gasteiger partial charge in [0.1, 0.15) is 15.0 Å². The Morgan fingerprint density at radius 3 is 2.10 bits per heavy atom. The van der Waals surface area contributed by atoms with Gasteiger partial charge in [0.15, 0.2) is 0 Å². The molecule has 30 heavy (non-hydrogen) atoms. The van der Waals surface area contributed by atoms with Crippen molar-refractivity contribution >= 4 is 71.9 Å². The first-order valence-electron chi connectivity index (χ1n) is 7.99. The summed E-state index contributed by atoms with van der Waals surface area (Å²) in [6.45, 7) is 0. The Bertz CT molecular complexity index is 1320. The van der Waals surface area contributed by atoms with Crippen molar-refractivity contribution < 1.29 is 22.2 Å². The molecule has 0 radical (unpaired) electrons. The lowest BCUT2D eigenvalue weighted by atomic mass is 10.2. The summed E-state index contributed by atoms with van der Waals surface area (Å²) in [7, 11) is -7.64. The van der Waals surface area contributed by atoms with E-state index in [0.717, 1.165) is 17.4 Å². The molecular formula is C18H12Cl3NO5S3. The summed E-state index contributed by atoms with van der Waals surface area (Å²) in [4.78, 5) is 12.0. The first-order valence-corrected chi connectivity index (χ1v) is 13.3. The van der Waals surface area contributed by atoms with E-state index in [4.69, 9.17) is 39.5 Å². The van der Waals surface area contributed by atoms with Gasteiger partial charge in [-0.05, 0) is 54.6 Å². The summed E-state index contributed by atoms with van der Waals surface area (Å²) >= 11 is 18.3. The van der Waals surface area contributed by atoms with Crippen LogP contribution in [0.25, 0.3) is 0 Å². The van der Waals surface area contributed by atoms with E-state index < -0.39 is 25.7 Å². The number of halogens is 3. The maximum Gasteiger partial charge on any atom is 0.343 e. The SMILES string of the molecule is C[S@](=O)(=NS(=O)(=O)c1cc(Cl)sc1Cl)c1ccc(OC(=O)c2ccc(Cl)cc2)cc1. The molecule has 12 heteroatoms. The van der Waals surface area contributed by atoms with Crippen LogP contribution in [0.2, 0.25) is 13.7 Å². The van der Waals surface area contributed by atoms with Gasteiger partial charge in [0.25, 0.3) is 10.0 Å². The topological polar surface area (TPSA) is 89.9 Å². The van der Waals surface area contributed by atoms with Crippen LogP contribution in [0.5, 0.6) is 5.75 Å². The summed E-state index contributed by atoms with van der Waals surface area (Å²) in [5.74, 6) is -0.419. The van der Waals surface area contributed by atoms with E-state index in [0.29, 0.717) is 10.6 Å². The normalized spacial score (nSPS) is 13.5. The Labute approximate surface area is 192 Å². The maximum atomic E-state index is 12.9. The van der Waals surface area contributed by atoms with Crippen LogP contribution in [-0.4, -0.2) is 24.9 Å². The van der Waals surface area contributed by atoms with Crippen molar-refractivity contribution in [3.05, 3.63) is 73.9 Å². The highest BCUT2D eigenvalue weighted by molar-refractivity contribution is 8.03. The lowest BCUT2D eigenvalue weighted by Gasteiger charge is -2.07. The molecule has 0 bridgehead atoms. The van der Waals surface area contributed by atoms with Gasteiger partial charge in [-0.3, -0.25) is 0 Å². The standard InChI is InChI=1S/C18H12Cl3NO5S3/c1-29(24,22-30(25,26)15-10-16(20)28-17(15)21)14-8-6-13(7-9-14)27-18(23)11-2-4-12(19)5-3-11/h2-10H,1H3/t29-/m1/s1. The fourth-order valence-electron chi connectivity index (χ4n) is 2.28. The molecule has 0 N–H and O–H groups in total. The van der Waals surface area contributed by atoms with Gasteiger partial charge in [-0.2, -0.15) is 8.42 Å². The van der Waals surface area contributed by atoms with Crippen molar-refractivity contribution in [2.45, 2.75) is 9.79 Å². The number of benzene rings is 2. The quantitative estimate of drug-likeness (QED) is 0.312. The van der Waals surface area contributed by atoms with E-state index in [1.807, 2.05) is 0 Å². The van der Waals surface area contributed by atoms with Crippen molar-refractivity contribution in [1.82, 2.24) is 0 Å². The van der Waals surface area contributed by atoms with Crippen LogP contribution in [0.3, 0.4) is 0 Å². The lowest BCUT2D eigenvalue weighted by molar-refractivity contribution is 0.0734. The van der Waals surface area contributed by atoms with Crippen LogP contribution in [0.4, 0.5) is 0 Å². The first kappa shape index (κ1) is 23.1. The number of rotatable bonds is 5. The van der Waals surface area contributed by atoms with E-state index in [2.05, 4.69) is 3.77 Å². The zero-order valence-electron chi connectivity index (χ0n) is 15.0. The highest BCUT2D eigenvalue weighted by atomic mass is 35.5. The maximum absolute atomic E-state index is 12.9. The number of ether oxygens (including phenoxy) is 1. The van der Waals surface area contributed by atoms with Gasteiger partial charge in [0.2, 0.25) is 0 Å². The molecule has 6 nitrogen and oxygen atoms in total. The molecule has 0 aliphatic heterocycles. The minimum Gasteiger partial charge on any atom is -0.423 e. The smallest absolute Gasteiger partial charge is 0.343 e. The summed E-state index contributed by atoms with van der Waals surface area (Å²) in [5, 5.41) is 0.485. The van der Waals surface area contributed by atoms with E-state index in [1.165, 1.54) is 42.7 Å². The highest BCUT2D eigenvalue weighted by Crippen LogP contribution is 2.35. The average Bonchev–Trinajstić information content (AvgIpc) is 3.01. The third-order valence-corrected chi connectivity index (χ3v) is 9.62. The van der Waals surface area contributed by atoms with Crippen LogP contribution in [0, 0.1) is 0 Å². The molecule has 0 unspecified atom stereocenters. The molecule has 0 amide bonds. The number of hydrogen-bond acceptors (Lipinski definition) is 6. The summed E-state index contributed by atoms with van der Waals surface area (Å²) in [6, 6.07) is 12.8. The molecular weight excluding hydrogens is 513 g/mol. The monoisotopic (exact) mass is 523 g/mol. The number of thiophene rings is 1. The third-order valence-electron chi connectivity index (χ3n) is 3.70. The molecule has 3 aromatic rings. The van der Waals surface area contributed by atoms with Crippen molar-refractivity contribution in [1.29, 1.82) is 0 Å². The average molecular weight is 525 g/mol. The molecule has 2 aromatic carbocycles. The molecule has 0 fully saturated rings. The van der Waals surface area contributed by atoms with Crippen molar-refractivity contribution in [3.8, 4) is 5.75 Å². The molecule has 0 aliphatic carbocycles. The molecule has 158 valence electrons. The van der Waals surface area contributed by atoms with E-state index in [-0.39, 0.29) is 24.2 Å². The molecule has 1 aromatic heterocycles. The zero-order chi connectivity index (χ0) is 22.1. The van der Waals surface area contributed by atoms with Gasteiger partial charge >= 0.3 is 5.97 Å². The van der Waals surface area contributed by atoms with E-state index >= 15 is 0 Å². The number of esters is 1. The van der Waals surface area contributed by atoms with Gasteiger partial charge in [-0.15, -0.1) is 15.1 Å². The van der Waals surface area contributed by atoms with E-state index in [1.54, 1.807) is 12.1 Å². The minimum atomic E-state index is -4.30. The van der Waals surface area contributed by atoms with Crippen LogP contribution in [0.1, 0.15) is 10.4 Å². The van der Waals surface area contributed by atoms with E-state index in [9.17, 15) is 17.4 Å². The zero-order valence-corrected chi connectivity index (χ0v) is 19.8. The van der Waals surface area contributed by atoms with Crippen LogP contribution >= 0.6 is 46.1 Å². The van der Waals surface area contributed by atoms with Crippen LogP contribution in [-0.2, 0) is 19.8 Å². The highest BCUT2D eigenvalue weighted by Gasteiger charge is 2.23. The second-order valence-electron chi connectivity index (χ2n) is 5.91. The molecule has 0 aliphatic rings. The van der Waals surface area contributed by atoms with Crippen molar-refractivity contribution in [2.75, 3.05) is 6.26 Å². The molecule has 1 heterocycles. The number of hydrogen-bond donors (Lipinski definition) is 0. The second-order valence-corrected chi connectivity index (χ2v) is 12.7. The number of carbonyl (C=O) groups is 1. The summed E-state index contributed by atoms with van der Waals surface area (Å²) < 4.78 is 46.8. The summed E-state index contributed by atoms with van der Waals surface area (Å²) in [5.41, 5.74) is 0.301. The van der Waals surface area contributed by atoms with Crippen molar-refractivity contribution in [3.63, 3.8) is 0 Å². The predicted molar refractivity (Wildman–Crippen MR) is 119 cm³/mol. The van der Waals surface area contributed by atoms with Gasteiger partial charge in [0.05, 0.1) is 19.6 Å². The number of sulfonamides is 1. The second kappa shape index (κ2) is 8.86. The Morgan fingerprint density at radius 2 is 1.57 bits per heavy atom. The Kier molecular flexibility index (Phi) is 6.81. The van der Waals surface area contributed by atoms with Crippen LogP contribution < -0.4 is 4.74 Å². The van der Waals surface area contributed by atoms with Gasteiger partial charge in [0, 0.05) is 16.2 Å². The largest absolute Gasteiger partial charge is 0.423 e. The fourth-order valence-corrected chi connectivity index (χ4v) is 7.83. The van der Waals surface area contributed by atoms with Crippen molar-refractivity contribution in [2.24, 2.45) is 3.77 Å². The fraction of sp³-hybridized carbons (Fsp3) is 0.0556. The molecule has 0 spiro atoms.